The summed E-state index contributed by atoms with van der Waals surface area (Å²) in [6.45, 7) is 4.14. The van der Waals surface area contributed by atoms with Crippen molar-refractivity contribution in [2.75, 3.05) is 25.0 Å². The van der Waals surface area contributed by atoms with Gasteiger partial charge in [-0.25, -0.2) is 15.0 Å². The number of hydrogen-bond donors (Lipinski definition) is 2. The van der Waals surface area contributed by atoms with Gasteiger partial charge in [0.2, 0.25) is 5.95 Å². The number of H-pyrrole nitrogens is 1. The molecule has 0 radical (unpaired) electrons. The highest BCUT2D eigenvalue weighted by Gasteiger charge is 2.27. The Bertz CT molecular complexity index is 871. The van der Waals surface area contributed by atoms with E-state index in [-0.39, 0.29) is 11.8 Å². The smallest absolute Gasteiger partial charge is 0.257 e. The molecule has 7 heteroatoms. The van der Waals surface area contributed by atoms with Crippen LogP contribution in [0.2, 0.25) is 0 Å². The Morgan fingerprint density at radius 1 is 1.31 bits per heavy atom. The highest BCUT2D eigenvalue weighted by atomic mass is 16.2. The lowest BCUT2D eigenvalue weighted by molar-refractivity contribution is 0.0704. The van der Waals surface area contributed by atoms with Crippen LogP contribution in [-0.2, 0) is 0 Å². The maximum atomic E-state index is 12.8. The number of anilines is 1. The van der Waals surface area contributed by atoms with Gasteiger partial charge < -0.3 is 15.2 Å². The quantitative estimate of drug-likeness (QED) is 0.755. The van der Waals surface area contributed by atoms with Gasteiger partial charge in [0.15, 0.2) is 0 Å². The molecule has 0 spiro atoms. The zero-order valence-electron chi connectivity index (χ0n) is 14.8. The minimum Gasteiger partial charge on any atom is -0.355 e. The maximum absolute atomic E-state index is 12.8. The number of benzene rings is 1. The number of hydrogen-bond acceptors (Lipinski definition) is 5. The highest BCUT2D eigenvalue weighted by Crippen LogP contribution is 2.27. The van der Waals surface area contributed by atoms with E-state index < -0.39 is 0 Å². The highest BCUT2D eigenvalue weighted by molar-refractivity contribution is 5.93. The van der Waals surface area contributed by atoms with E-state index in [0.29, 0.717) is 18.1 Å². The number of fused-ring (bicyclic) bond motifs is 1. The fourth-order valence-electron chi connectivity index (χ4n) is 3.42. The van der Waals surface area contributed by atoms with Gasteiger partial charge in [-0.05, 0) is 31.9 Å². The molecule has 1 aliphatic rings. The van der Waals surface area contributed by atoms with E-state index >= 15 is 0 Å². The molecule has 3 heterocycles. The molecule has 1 amide bonds. The molecule has 1 aromatic carbocycles. The van der Waals surface area contributed by atoms with Crippen molar-refractivity contribution in [3.63, 3.8) is 0 Å². The minimum absolute atomic E-state index is 0.0196. The molecule has 1 aliphatic heterocycles. The van der Waals surface area contributed by atoms with Gasteiger partial charge >= 0.3 is 0 Å². The van der Waals surface area contributed by atoms with Crippen molar-refractivity contribution in [2.24, 2.45) is 0 Å². The van der Waals surface area contributed by atoms with Gasteiger partial charge in [-0.3, -0.25) is 4.79 Å². The molecule has 3 aromatic rings. The molecule has 0 bridgehead atoms. The number of nitrogens with zero attached hydrogens (tertiary/aromatic N) is 4. The molecular weight excluding hydrogens is 328 g/mol. The third kappa shape index (κ3) is 3.24. The van der Waals surface area contributed by atoms with Crippen LogP contribution in [0.3, 0.4) is 0 Å². The van der Waals surface area contributed by atoms with Gasteiger partial charge in [-0.2, -0.15) is 0 Å². The van der Waals surface area contributed by atoms with E-state index in [1.165, 1.54) is 0 Å². The van der Waals surface area contributed by atoms with Crippen LogP contribution in [0.25, 0.3) is 11.0 Å². The monoisotopic (exact) mass is 350 g/mol. The van der Waals surface area contributed by atoms with Gasteiger partial charge in [0.1, 0.15) is 5.82 Å². The number of imidazole rings is 1. The Labute approximate surface area is 151 Å². The molecule has 1 fully saturated rings. The second-order valence-electron chi connectivity index (χ2n) is 6.56. The van der Waals surface area contributed by atoms with Crippen LogP contribution in [-0.4, -0.2) is 50.4 Å². The van der Waals surface area contributed by atoms with Crippen LogP contribution in [0.5, 0.6) is 0 Å². The number of aromatic amines is 1. The fraction of sp³-hybridized carbons (Fsp3) is 0.368. The Hall–Kier alpha value is -2.96. The predicted octanol–water partition coefficient (Wildman–Crippen LogP) is 2.80. The van der Waals surface area contributed by atoms with Crippen molar-refractivity contribution in [3.8, 4) is 0 Å². The number of rotatable bonds is 4. The zero-order chi connectivity index (χ0) is 17.9. The zero-order valence-corrected chi connectivity index (χ0v) is 14.8. The van der Waals surface area contributed by atoms with Gasteiger partial charge in [0.25, 0.3) is 5.91 Å². The average molecular weight is 350 g/mol. The lowest BCUT2D eigenvalue weighted by Crippen LogP contribution is -2.39. The van der Waals surface area contributed by atoms with E-state index in [2.05, 4.69) is 20.3 Å². The van der Waals surface area contributed by atoms with Crippen molar-refractivity contribution in [1.29, 1.82) is 0 Å². The van der Waals surface area contributed by atoms with Crippen molar-refractivity contribution < 1.29 is 4.79 Å². The molecular formula is C19H22N6O. The van der Waals surface area contributed by atoms with Crippen LogP contribution in [0, 0.1) is 0 Å². The number of para-hydroxylation sites is 2. The van der Waals surface area contributed by atoms with Crippen LogP contribution in [0.1, 0.15) is 41.9 Å². The van der Waals surface area contributed by atoms with Gasteiger partial charge in [0, 0.05) is 37.9 Å². The largest absolute Gasteiger partial charge is 0.355 e. The van der Waals surface area contributed by atoms with Crippen LogP contribution in [0.4, 0.5) is 5.95 Å². The van der Waals surface area contributed by atoms with E-state index in [0.717, 1.165) is 42.8 Å². The molecule has 7 nitrogen and oxygen atoms in total. The van der Waals surface area contributed by atoms with Crippen molar-refractivity contribution in [2.45, 2.75) is 25.7 Å². The first kappa shape index (κ1) is 16.5. The van der Waals surface area contributed by atoms with E-state index in [1.807, 2.05) is 36.1 Å². The van der Waals surface area contributed by atoms with Crippen molar-refractivity contribution in [1.82, 2.24) is 24.8 Å². The molecule has 0 saturated carbocycles. The molecule has 1 atom stereocenters. The summed E-state index contributed by atoms with van der Waals surface area (Å²) < 4.78 is 0. The third-order valence-electron chi connectivity index (χ3n) is 4.74. The standard InChI is InChI=1S/C19H22N6O/c1-2-20-19-21-10-14(11-22-19)18(26)25-9-5-6-13(12-25)17-23-15-7-3-4-8-16(15)24-17/h3-4,7-8,10-11,13H,2,5-6,9,12H2,1H3,(H,23,24)(H,20,21,22)/t13-/m0/s1. The Balaban J connectivity index is 1.49. The summed E-state index contributed by atoms with van der Waals surface area (Å²) in [5.41, 5.74) is 2.54. The lowest BCUT2D eigenvalue weighted by Gasteiger charge is -2.31. The Morgan fingerprint density at radius 2 is 2.12 bits per heavy atom. The third-order valence-corrected chi connectivity index (χ3v) is 4.74. The van der Waals surface area contributed by atoms with Crippen LogP contribution < -0.4 is 5.32 Å². The summed E-state index contributed by atoms with van der Waals surface area (Å²) in [6.07, 6.45) is 5.18. The summed E-state index contributed by atoms with van der Waals surface area (Å²) in [6, 6.07) is 8.02. The van der Waals surface area contributed by atoms with E-state index in [9.17, 15) is 4.79 Å². The van der Waals surface area contributed by atoms with E-state index in [1.54, 1.807) is 12.4 Å². The first-order valence-corrected chi connectivity index (χ1v) is 9.04. The van der Waals surface area contributed by atoms with Crippen LogP contribution in [0.15, 0.2) is 36.7 Å². The first-order chi connectivity index (χ1) is 12.7. The summed E-state index contributed by atoms with van der Waals surface area (Å²) in [4.78, 5) is 31.2. The first-order valence-electron chi connectivity index (χ1n) is 9.04. The number of piperidine rings is 1. The maximum Gasteiger partial charge on any atom is 0.257 e. The summed E-state index contributed by atoms with van der Waals surface area (Å²) >= 11 is 0. The number of likely N-dealkylation sites (tertiary alicyclic amines) is 1. The minimum atomic E-state index is -0.0196. The molecule has 0 aliphatic carbocycles. The number of carbonyl (C=O) groups excluding carboxylic acids is 1. The number of carbonyl (C=O) groups is 1. The summed E-state index contributed by atoms with van der Waals surface area (Å²) in [5.74, 6) is 1.71. The number of nitrogens with one attached hydrogen (secondary N) is 2. The normalized spacial score (nSPS) is 17.4. The Kier molecular flexibility index (Phi) is 4.51. The fourth-order valence-corrected chi connectivity index (χ4v) is 3.42. The molecule has 0 unspecified atom stereocenters. The molecule has 2 N–H and O–H groups in total. The van der Waals surface area contributed by atoms with Crippen molar-refractivity contribution >= 4 is 22.9 Å². The average Bonchev–Trinajstić information content (AvgIpc) is 3.13. The van der Waals surface area contributed by atoms with Crippen LogP contribution >= 0.6 is 0 Å². The second-order valence-corrected chi connectivity index (χ2v) is 6.56. The summed E-state index contributed by atoms with van der Waals surface area (Å²) in [5, 5.41) is 3.03. The number of amides is 1. The second kappa shape index (κ2) is 7.11. The number of aromatic nitrogens is 4. The Morgan fingerprint density at radius 3 is 2.88 bits per heavy atom. The van der Waals surface area contributed by atoms with E-state index in [4.69, 9.17) is 4.98 Å². The molecule has 2 aromatic heterocycles. The van der Waals surface area contributed by atoms with Gasteiger partial charge in [-0.1, -0.05) is 12.1 Å². The van der Waals surface area contributed by atoms with Gasteiger partial charge in [-0.15, -0.1) is 0 Å². The lowest BCUT2D eigenvalue weighted by atomic mass is 9.97. The molecule has 1 saturated heterocycles. The predicted molar refractivity (Wildman–Crippen MR) is 100 cm³/mol. The molecule has 26 heavy (non-hydrogen) atoms. The topological polar surface area (TPSA) is 86.8 Å². The molecule has 134 valence electrons. The summed E-state index contributed by atoms with van der Waals surface area (Å²) in [7, 11) is 0. The SMILES string of the molecule is CCNc1ncc(C(=O)N2CCC[C@H](c3nc4ccccc4[nH]3)C2)cn1. The van der Waals surface area contributed by atoms with Gasteiger partial charge in [0.05, 0.1) is 16.6 Å². The van der Waals surface area contributed by atoms with Crippen molar-refractivity contribution in [3.05, 3.63) is 48.0 Å². The molecule has 4 rings (SSSR count).